The fraction of sp³-hybridized carbons (Fsp3) is 0.385. The molecule has 3 rings (SSSR count). The topological polar surface area (TPSA) is 71.8 Å². The Hall–Kier alpha value is -1.88. The van der Waals surface area contributed by atoms with Gasteiger partial charge < -0.3 is 5.11 Å². The molecule has 18 heavy (non-hydrogen) atoms. The molecule has 0 aliphatic heterocycles. The summed E-state index contributed by atoms with van der Waals surface area (Å²) in [6.07, 6.45) is 5.99. The van der Waals surface area contributed by atoms with Crippen LogP contribution in [-0.2, 0) is 0 Å². The molecule has 1 aliphatic carbocycles. The summed E-state index contributed by atoms with van der Waals surface area (Å²) in [7, 11) is 0. The van der Waals surface area contributed by atoms with E-state index in [0.29, 0.717) is 11.8 Å². The second kappa shape index (κ2) is 4.42. The molecule has 5 nitrogen and oxygen atoms in total. The molecule has 0 amide bonds. The van der Waals surface area contributed by atoms with Crippen LogP contribution in [0.25, 0.3) is 11.3 Å². The maximum atomic E-state index is 9.16. The van der Waals surface area contributed by atoms with E-state index in [9.17, 15) is 0 Å². The number of hydrogen-bond donors (Lipinski definition) is 1. The smallest absolute Gasteiger partial charge is 0.115 e. The molecule has 2 atom stereocenters. The molecule has 0 saturated heterocycles. The highest BCUT2D eigenvalue weighted by Gasteiger charge is 2.39. The van der Waals surface area contributed by atoms with Crippen molar-refractivity contribution in [3.63, 3.8) is 0 Å². The molecular weight excluding hydrogens is 228 g/mol. The lowest BCUT2D eigenvalue weighted by atomic mass is 10.1. The third-order valence-corrected chi connectivity index (χ3v) is 3.43. The van der Waals surface area contributed by atoms with E-state index >= 15 is 0 Å². The van der Waals surface area contributed by atoms with Crippen molar-refractivity contribution in [1.29, 1.82) is 0 Å². The van der Waals surface area contributed by atoms with E-state index < -0.39 is 0 Å². The molecule has 5 heteroatoms. The van der Waals surface area contributed by atoms with Gasteiger partial charge in [-0.1, -0.05) is 0 Å². The second-order valence-electron chi connectivity index (χ2n) is 4.68. The summed E-state index contributed by atoms with van der Waals surface area (Å²) >= 11 is 0. The molecule has 1 N–H and O–H groups in total. The molecule has 92 valence electrons. The molecule has 2 heterocycles. The summed E-state index contributed by atoms with van der Waals surface area (Å²) in [6.45, 7) is 2.20. The van der Waals surface area contributed by atoms with Crippen LogP contribution in [0.1, 0.15) is 23.6 Å². The molecule has 0 bridgehead atoms. The van der Waals surface area contributed by atoms with Gasteiger partial charge >= 0.3 is 0 Å². The zero-order valence-electron chi connectivity index (χ0n) is 10.1. The average Bonchev–Trinajstić information content (AvgIpc) is 3.20. The van der Waals surface area contributed by atoms with Crippen molar-refractivity contribution in [3.05, 3.63) is 36.0 Å². The maximum absolute atomic E-state index is 9.16. The van der Waals surface area contributed by atoms with Crippen molar-refractivity contribution in [3.8, 4) is 11.3 Å². The number of rotatable bonds is 3. The fourth-order valence-corrected chi connectivity index (χ4v) is 2.25. The van der Waals surface area contributed by atoms with E-state index in [4.69, 9.17) is 5.11 Å². The first-order chi connectivity index (χ1) is 8.79. The lowest BCUT2D eigenvalue weighted by Crippen LogP contribution is -1.99. The number of aliphatic hydroxyl groups excluding tert-OH is 1. The molecule has 2 unspecified atom stereocenters. The van der Waals surface area contributed by atoms with E-state index in [2.05, 4.69) is 20.2 Å². The van der Waals surface area contributed by atoms with Crippen LogP contribution in [-0.4, -0.2) is 31.9 Å². The van der Waals surface area contributed by atoms with Crippen LogP contribution in [0, 0.1) is 12.8 Å². The summed E-state index contributed by atoms with van der Waals surface area (Å²) in [5, 5.41) is 17.5. The van der Waals surface area contributed by atoms with Crippen molar-refractivity contribution in [1.82, 2.24) is 20.2 Å². The minimum Gasteiger partial charge on any atom is -0.396 e. The van der Waals surface area contributed by atoms with Gasteiger partial charge in [0.15, 0.2) is 0 Å². The second-order valence-corrected chi connectivity index (χ2v) is 4.68. The SMILES string of the molecule is Cc1nnc(-c2cncnc2)cc1C1CC1CO. The maximum Gasteiger partial charge on any atom is 0.115 e. The number of aliphatic hydroxyl groups is 1. The van der Waals surface area contributed by atoms with E-state index in [1.807, 2.05) is 13.0 Å². The molecule has 0 radical (unpaired) electrons. The van der Waals surface area contributed by atoms with Crippen molar-refractivity contribution in [2.24, 2.45) is 5.92 Å². The first kappa shape index (κ1) is 11.2. The van der Waals surface area contributed by atoms with Gasteiger partial charge in [-0.15, -0.1) is 0 Å². The number of hydrogen-bond acceptors (Lipinski definition) is 5. The van der Waals surface area contributed by atoms with Crippen LogP contribution in [0.15, 0.2) is 24.8 Å². The van der Waals surface area contributed by atoms with Crippen molar-refractivity contribution < 1.29 is 5.11 Å². The number of nitrogens with zero attached hydrogens (tertiary/aromatic N) is 4. The largest absolute Gasteiger partial charge is 0.396 e. The quantitative estimate of drug-likeness (QED) is 0.879. The first-order valence-electron chi connectivity index (χ1n) is 6.00. The molecular formula is C13H14N4O. The minimum absolute atomic E-state index is 0.246. The van der Waals surface area contributed by atoms with Crippen LogP contribution in [0.2, 0.25) is 0 Å². The predicted molar refractivity (Wildman–Crippen MR) is 65.7 cm³/mol. The molecule has 1 fully saturated rings. The third kappa shape index (κ3) is 1.97. The standard InChI is InChI=1S/C13H14N4O/c1-8-11(12-2-9(12)6-18)3-13(17-16-8)10-4-14-7-15-5-10/h3-5,7,9,12,18H,2,6H2,1H3. The van der Waals surface area contributed by atoms with Crippen molar-refractivity contribution in [2.75, 3.05) is 6.61 Å². The van der Waals surface area contributed by atoms with Crippen LogP contribution < -0.4 is 0 Å². The van der Waals surface area contributed by atoms with Gasteiger partial charge in [-0.05, 0) is 36.8 Å². The van der Waals surface area contributed by atoms with Crippen LogP contribution in [0.3, 0.4) is 0 Å². The summed E-state index contributed by atoms with van der Waals surface area (Å²) in [5.74, 6) is 0.807. The van der Waals surface area contributed by atoms with Crippen LogP contribution >= 0.6 is 0 Å². The summed E-state index contributed by atoms with van der Waals surface area (Å²) in [4.78, 5) is 7.97. The molecule has 0 aromatic carbocycles. The fourth-order valence-electron chi connectivity index (χ4n) is 2.25. The number of aryl methyl sites for hydroxylation is 1. The van der Waals surface area contributed by atoms with Gasteiger partial charge in [0.05, 0.1) is 11.4 Å². The Bertz CT molecular complexity index is 558. The van der Waals surface area contributed by atoms with Gasteiger partial charge in [0.1, 0.15) is 6.33 Å². The van der Waals surface area contributed by atoms with Gasteiger partial charge in [-0.25, -0.2) is 9.97 Å². The lowest BCUT2D eigenvalue weighted by molar-refractivity contribution is 0.274. The zero-order chi connectivity index (χ0) is 12.5. The Kier molecular flexibility index (Phi) is 2.76. The van der Waals surface area contributed by atoms with E-state index in [-0.39, 0.29) is 6.61 Å². The normalized spacial score (nSPS) is 21.9. The highest BCUT2D eigenvalue weighted by Crippen LogP contribution is 2.48. The van der Waals surface area contributed by atoms with Gasteiger partial charge in [0, 0.05) is 24.6 Å². The lowest BCUT2D eigenvalue weighted by Gasteiger charge is -2.06. The molecule has 1 aliphatic rings. The Balaban J connectivity index is 1.97. The Labute approximate surface area is 105 Å². The van der Waals surface area contributed by atoms with Gasteiger partial charge in [0.25, 0.3) is 0 Å². The van der Waals surface area contributed by atoms with Crippen molar-refractivity contribution >= 4 is 0 Å². The monoisotopic (exact) mass is 242 g/mol. The van der Waals surface area contributed by atoms with Crippen LogP contribution in [0.4, 0.5) is 0 Å². The third-order valence-electron chi connectivity index (χ3n) is 3.43. The minimum atomic E-state index is 0.246. The van der Waals surface area contributed by atoms with Gasteiger partial charge in [-0.2, -0.15) is 10.2 Å². The highest BCUT2D eigenvalue weighted by molar-refractivity contribution is 5.57. The molecule has 2 aromatic heterocycles. The van der Waals surface area contributed by atoms with Crippen LogP contribution in [0.5, 0.6) is 0 Å². The molecule has 1 saturated carbocycles. The zero-order valence-corrected chi connectivity index (χ0v) is 10.1. The predicted octanol–water partition coefficient (Wildman–Crippen LogP) is 1.34. The summed E-state index contributed by atoms with van der Waals surface area (Å²) in [6, 6.07) is 2.04. The van der Waals surface area contributed by atoms with Crippen molar-refractivity contribution in [2.45, 2.75) is 19.3 Å². The molecule has 2 aromatic rings. The Morgan fingerprint density at radius 3 is 2.72 bits per heavy atom. The molecule has 0 spiro atoms. The van der Waals surface area contributed by atoms with E-state index in [1.54, 1.807) is 12.4 Å². The Morgan fingerprint density at radius 2 is 2.06 bits per heavy atom. The Morgan fingerprint density at radius 1 is 1.28 bits per heavy atom. The first-order valence-corrected chi connectivity index (χ1v) is 6.00. The summed E-state index contributed by atoms with van der Waals surface area (Å²) in [5.41, 5.74) is 3.78. The van der Waals surface area contributed by atoms with E-state index in [1.165, 1.54) is 11.9 Å². The average molecular weight is 242 g/mol. The summed E-state index contributed by atoms with van der Waals surface area (Å²) < 4.78 is 0. The number of aromatic nitrogens is 4. The van der Waals surface area contributed by atoms with Gasteiger partial charge in [-0.3, -0.25) is 0 Å². The van der Waals surface area contributed by atoms with E-state index in [0.717, 1.165) is 23.4 Å². The van der Waals surface area contributed by atoms with Gasteiger partial charge in [0.2, 0.25) is 0 Å². The highest BCUT2D eigenvalue weighted by atomic mass is 16.3.